The Bertz CT molecular complexity index is 579. The Hall–Kier alpha value is -1.22. The van der Waals surface area contributed by atoms with Gasteiger partial charge in [-0.25, -0.2) is 17.5 Å². The highest BCUT2D eigenvalue weighted by Gasteiger charge is 2.23. The summed E-state index contributed by atoms with van der Waals surface area (Å²) in [7, 11) is -1.90. The number of sulfonamides is 1. The number of nitrogens with zero attached hydrogens (tertiary/aromatic N) is 1. The average molecular weight is 303 g/mol. The first kappa shape index (κ1) is 15.2. The van der Waals surface area contributed by atoms with E-state index < -0.39 is 15.8 Å². The van der Waals surface area contributed by atoms with Gasteiger partial charge in [-0.1, -0.05) is 0 Å². The molecule has 0 saturated carbocycles. The van der Waals surface area contributed by atoms with Crippen LogP contribution in [0.5, 0.6) is 0 Å². The molecule has 1 saturated heterocycles. The number of benzene rings is 1. The Morgan fingerprint density at radius 1 is 1.55 bits per heavy atom. The molecule has 3 N–H and O–H groups in total. The van der Waals surface area contributed by atoms with E-state index >= 15 is 0 Å². The molecule has 1 fully saturated rings. The Morgan fingerprint density at radius 3 is 3.00 bits per heavy atom. The van der Waals surface area contributed by atoms with Crippen LogP contribution in [-0.4, -0.2) is 52.7 Å². The quantitative estimate of drug-likeness (QED) is 0.766. The van der Waals surface area contributed by atoms with E-state index in [2.05, 4.69) is 9.62 Å². The maximum Gasteiger partial charge on any atom is 0.242 e. The predicted molar refractivity (Wildman–Crippen MR) is 73.2 cm³/mol. The van der Waals surface area contributed by atoms with Crippen LogP contribution in [0.25, 0.3) is 0 Å². The number of ether oxygens (including phenoxy) is 1. The smallest absolute Gasteiger partial charge is 0.242 e. The van der Waals surface area contributed by atoms with Gasteiger partial charge >= 0.3 is 0 Å². The molecule has 1 aliphatic heterocycles. The summed E-state index contributed by atoms with van der Waals surface area (Å²) in [6.45, 7) is 2.15. The van der Waals surface area contributed by atoms with Crippen LogP contribution in [0.1, 0.15) is 0 Å². The van der Waals surface area contributed by atoms with Crippen molar-refractivity contribution in [3.05, 3.63) is 24.0 Å². The van der Waals surface area contributed by atoms with E-state index in [1.807, 2.05) is 7.05 Å². The number of hydrogen-bond donors (Lipinski definition) is 2. The fourth-order valence-corrected chi connectivity index (χ4v) is 3.22. The van der Waals surface area contributed by atoms with Gasteiger partial charge in [0.2, 0.25) is 10.0 Å². The highest BCUT2D eigenvalue weighted by molar-refractivity contribution is 7.89. The summed E-state index contributed by atoms with van der Waals surface area (Å²) in [5, 5.41) is 0. The number of morpholine rings is 1. The van der Waals surface area contributed by atoms with E-state index in [0.29, 0.717) is 13.2 Å². The zero-order valence-corrected chi connectivity index (χ0v) is 12.0. The molecule has 0 bridgehead atoms. The minimum atomic E-state index is -3.84. The number of nitrogens with one attached hydrogen (secondary N) is 1. The maximum atomic E-state index is 13.1. The van der Waals surface area contributed by atoms with Gasteiger partial charge in [-0.05, 0) is 25.2 Å². The van der Waals surface area contributed by atoms with Crippen LogP contribution in [0.15, 0.2) is 23.1 Å². The van der Waals surface area contributed by atoms with Crippen LogP contribution >= 0.6 is 0 Å². The molecule has 0 amide bonds. The lowest BCUT2D eigenvalue weighted by Gasteiger charge is -2.30. The van der Waals surface area contributed by atoms with Crippen LogP contribution < -0.4 is 10.5 Å². The molecular weight excluding hydrogens is 285 g/mol. The molecule has 1 heterocycles. The topological polar surface area (TPSA) is 84.7 Å². The van der Waals surface area contributed by atoms with Crippen molar-refractivity contribution in [2.45, 2.75) is 11.0 Å². The third kappa shape index (κ3) is 3.66. The van der Waals surface area contributed by atoms with Crippen LogP contribution in [0.2, 0.25) is 0 Å². The summed E-state index contributed by atoms with van der Waals surface area (Å²) in [5.41, 5.74) is 5.60. The Balaban J connectivity index is 2.05. The Kier molecular flexibility index (Phi) is 4.59. The fraction of sp³-hybridized carbons (Fsp3) is 0.500. The third-order valence-corrected chi connectivity index (χ3v) is 4.59. The molecule has 1 unspecified atom stereocenters. The summed E-state index contributed by atoms with van der Waals surface area (Å²) in [6.07, 6.45) is -0.224. The highest BCUT2D eigenvalue weighted by atomic mass is 32.2. The molecular formula is C12H18FN3O3S. The molecule has 8 heteroatoms. The van der Waals surface area contributed by atoms with E-state index in [9.17, 15) is 12.8 Å². The first-order valence-corrected chi connectivity index (χ1v) is 7.71. The first-order valence-electron chi connectivity index (χ1n) is 6.23. The van der Waals surface area contributed by atoms with Crippen molar-refractivity contribution in [3.63, 3.8) is 0 Å². The number of nitrogen functional groups attached to an aromatic ring is 1. The maximum absolute atomic E-state index is 13.1. The van der Waals surface area contributed by atoms with Gasteiger partial charge < -0.3 is 15.4 Å². The van der Waals surface area contributed by atoms with E-state index in [4.69, 9.17) is 10.5 Å². The number of rotatable bonds is 4. The highest BCUT2D eigenvalue weighted by Crippen LogP contribution is 2.19. The first-order chi connectivity index (χ1) is 9.38. The molecule has 1 atom stereocenters. The second kappa shape index (κ2) is 6.04. The predicted octanol–water partition coefficient (Wildman–Crippen LogP) is 0.0168. The largest absolute Gasteiger partial charge is 0.398 e. The van der Waals surface area contributed by atoms with E-state index in [-0.39, 0.29) is 23.2 Å². The van der Waals surface area contributed by atoms with Crippen molar-refractivity contribution < 1.29 is 17.5 Å². The van der Waals surface area contributed by atoms with Crippen molar-refractivity contribution in [2.24, 2.45) is 0 Å². The molecule has 0 aliphatic carbocycles. The van der Waals surface area contributed by atoms with Gasteiger partial charge in [0.25, 0.3) is 0 Å². The zero-order chi connectivity index (χ0) is 14.8. The Labute approximate surface area is 117 Å². The monoisotopic (exact) mass is 303 g/mol. The van der Waals surface area contributed by atoms with Gasteiger partial charge in [-0.2, -0.15) is 0 Å². The minimum Gasteiger partial charge on any atom is -0.398 e. The summed E-state index contributed by atoms with van der Waals surface area (Å²) in [5.74, 6) is -0.645. The van der Waals surface area contributed by atoms with Crippen molar-refractivity contribution in [1.82, 2.24) is 9.62 Å². The zero-order valence-electron chi connectivity index (χ0n) is 11.2. The second-order valence-corrected chi connectivity index (χ2v) is 6.52. The lowest BCUT2D eigenvalue weighted by atomic mass is 10.3. The number of halogens is 1. The van der Waals surface area contributed by atoms with Gasteiger partial charge in [0.15, 0.2) is 0 Å². The number of anilines is 1. The van der Waals surface area contributed by atoms with Crippen LogP contribution in [-0.2, 0) is 14.8 Å². The van der Waals surface area contributed by atoms with Crippen molar-refractivity contribution in [3.8, 4) is 0 Å². The molecule has 1 aromatic rings. The van der Waals surface area contributed by atoms with Gasteiger partial charge in [-0.15, -0.1) is 0 Å². The Morgan fingerprint density at radius 2 is 2.30 bits per heavy atom. The van der Waals surface area contributed by atoms with Crippen molar-refractivity contribution in [2.75, 3.05) is 39.0 Å². The van der Waals surface area contributed by atoms with Crippen LogP contribution in [0.4, 0.5) is 10.1 Å². The van der Waals surface area contributed by atoms with E-state index in [1.165, 1.54) is 6.07 Å². The molecule has 1 aliphatic rings. The molecule has 0 aromatic heterocycles. The summed E-state index contributed by atoms with van der Waals surface area (Å²) < 4.78 is 45.2. The standard InChI is InChI=1S/C12H18FN3O3S/c1-16-4-5-19-10(8-16)7-15-20(17,18)12-6-9(13)2-3-11(12)14/h2-3,6,10,15H,4-5,7-8,14H2,1H3. The van der Waals surface area contributed by atoms with Crippen molar-refractivity contribution in [1.29, 1.82) is 0 Å². The number of likely N-dealkylation sites (N-methyl/N-ethyl adjacent to an activating group) is 1. The fourth-order valence-electron chi connectivity index (χ4n) is 2.01. The molecule has 20 heavy (non-hydrogen) atoms. The van der Waals surface area contributed by atoms with Gasteiger partial charge in [0, 0.05) is 19.6 Å². The third-order valence-electron chi connectivity index (χ3n) is 3.11. The van der Waals surface area contributed by atoms with Gasteiger partial charge in [0.05, 0.1) is 18.4 Å². The summed E-state index contributed by atoms with van der Waals surface area (Å²) in [4.78, 5) is 1.81. The molecule has 112 valence electrons. The average Bonchev–Trinajstić information content (AvgIpc) is 2.39. The van der Waals surface area contributed by atoms with E-state index in [1.54, 1.807) is 0 Å². The summed E-state index contributed by atoms with van der Waals surface area (Å²) in [6, 6.07) is 3.26. The van der Waals surface area contributed by atoms with Gasteiger partial charge in [-0.3, -0.25) is 0 Å². The second-order valence-electron chi connectivity index (χ2n) is 4.79. The molecule has 0 radical (unpaired) electrons. The minimum absolute atomic E-state index is 0.0144. The molecule has 6 nitrogen and oxygen atoms in total. The number of nitrogens with two attached hydrogens (primary N) is 1. The van der Waals surface area contributed by atoms with Crippen molar-refractivity contribution >= 4 is 15.7 Å². The van der Waals surface area contributed by atoms with Crippen LogP contribution in [0.3, 0.4) is 0 Å². The molecule has 1 aromatic carbocycles. The van der Waals surface area contributed by atoms with Gasteiger partial charge in [0.1, 0.15) is 10.7 Å². The normalized spacial score (nSPS) is 21.0. The van der Waals surface area contributed by atoms with Crippen LogP contribution in [0, 0.1) is 5.82 Å². The SMILES string of the molecule is CN1CCOC(CNS(=O)(=O)c2cc(F)ccc2N)C1. The number of hydrogen-bond acceptors (Lipinski definition) is 5. The molecule has 0 spiro atoms. The summed E-state index contributed by atoms with van der Waals surface area (Å²) >= 11 is 0. The lowest BCUT2D eigenvalue weighted by Crippen LogP contribution is -2.45. The lowest BCUT2D eigenvalue weighted by molar-refractivity contribution is -0.0156. The molecule has 2 rings (SSSR count). The van der Waals surface area contributed by atoms with E-state index in [0.717, 1.165) is 18.7 Å².